The van der Waals surface area contributed by atoms with Gasteiger partial charge in [-0.3, -0.25) is 4.90 Å². The second-order valence-corrected chi connectivity index (χ2v) is 14.4. The molecule has 0 aliphatic carbocycles. The van der Waals surface area contributed by atoms with E-state index in [2.05, 4.69) is 169 Å². The van der Waals surface area contributed by atoms with Gasteiger partial charge in [-0.2, -0.15) is 0 Å². The van der Waals surface area contributed by atoms with Crippen LogP contribution in [0.15, 0.2) is 182 Å². The molecule has 0 spiro atoms. The molecule has 6 nitrogen and oxygen atoms in total. The largest absolute Gasteiger partial charge is 0.453 e. The molecular formula is C51H30N4O2. The molecule has 3 heterocycles. The quantitative estimate of drug-likeness (QED) is 0.180. The first-order valence-electron chi connectivity index (χ1n) is 19.0. The Hall–Kier alpha value is -7.83. The summed E-state index contributed by atoms with van der Waals surface area (Å²) in [7, 11) is 0. The van der Waals surface area contributed by atoms with Gasteiger partial charge < -0.3 is 9.47 Å². The molecule has 6 heteroatoms. The van der Waals surface area contributed by atoms with Gasteiger partial charge in [0.15, 0.2) is 40.5 Å². The normalized spacial score (nSPS) is 12.5. The summed E-state index contributed by atoms with van der Waals surface area (Å²) in [5, 5.41) is 6.72. The van der Waals surface area contributed by atoms with E-state index in [1.54, 1.807) is 0 Å². The van der Waals surface area contributed by atoms with E-state index in [1.165, 1.54) is 0 Å². The molecule has 10 aromatic rings. The summed E-state index contributed by atoms with van der Waals surface area (Å²) >= 11 is 0. The first kappa shape index (κ1) is 31.5. The Morgan fingerprint density at radius 2 is 0.842 bits per heavy atom. The number of para-hydroxylation sites is 2. The predicted octanol–water partition coefficient (Wildman–Crippen LogP) is 13.7. The molecule has 0 fully saturated rings. The predicted molar refractivity (Wildman–Crippen MR) is 229 cm³/mol. The minimum atomic E-state index is 0.603. The summed E-state index contributed by atoms with van der Waals surface area (Å²) in [6, 6.07) is 62.7. The highest BCUT2D eigenvalue weighted by Gasteiger charge is 2.35. The summed E-state index contributed by atoms with van der Waals surface area (Å²) in [5.74, 6) is 4.93. The maximum atomic E-state index is 6.73. The number of aromatic nitrogens is 3. The van der Waals surface area contributed by atoms with Crippen LogP contribution in [0.4, 0.5) is 17.1 Å². The van der Waals surface area contributed by atoms with Crippen LogP contribution < -0.4 is 14.4 Å². The third-order valence-corrected chi connectivity index (χ3v) is 11.1. The lowest BCUT2D eigenvalue weighted by atomic mass is 9.99. The number of ether oxygens (including phenoxy) is 2. The molecule has 0 radical (unpaired) electrons. The molecule has 12 rings (SSSR count). The minimum Gasteiger partial charge on any atom is -0.453 e. The fraction of sp³-hybridized carbons (Fsp3) is 0. The van der Waals surface area contributed by atoms with Crippen LogP contribution in [0, 0.1) is 0 Å². The number of nitrogens with zero attached hydrogens (tertiary/aromatic N) is 4. The van der Waals surface area contributed by atoms with Crippen LogP contribution in [0.5, 0.6) is 23.0 Å². The molecule has 0 saturated carbocycles. The molecule has 1 aromatic heterocycles. The Labute approximate surface area is 327 Å². The zero-order chi connectivity index (χ0) is 37.5. The van der Waals surface area contributed by atoms with Crippen molar-refractivity contribution in [2.24, 2.45) is 0 Å². The van der Waals surface area contributed by atoms with E-state index < -0.39 is 0 Å². The van der Waals surface area contributed by atoms with Crippen molar-refractivity contribution >= 4 is 49.4 Å². The number of benzene rings is 9. The Bertz CT molecular complexity index is 3160. The fourth-order valence-corrected chi connectivity index (χ4v) is 8.32. The van der Waals surface area contributed by atoms with Crippen LogP contribution in [-0.2, 0) is 0 Å². The van der Waals surface area contributed by atoms with E-state index in [0.29, 0.717) is 17.5 Å². The molecule has 9 aromatic carbocycles. The average molecular weight is 731 g/mol. The average Bonchev–Trinajstić information content (AvgIpc) is 3.27. The molecule has 0 bridgehead atoms. The number of rotatable bonds is 4. The number of hydrogen-bond donors (Lipinski definition) is 0. The van der Waals surface area contributed by atoms with Crippen LogP contribution >= 0.6 is 0 Å². The molecule has 0 N–H and O–H groups in total. The number of hydrogen-bond acceptors (Lipinski definition) is 6. The van der Waals surface area contributed by atoms with E-state index >= 15 is 0 Å². The smallest absolute Gasteiger partial charge is 0.164 e. The molecule has 0 atom stereocenters. The molecular weight excluding hydrogens is 701 g/mol. The third kappa shape index (κ3) is 5.08. The van der Waals surface area contributed by atoms with Crippen molar-refractivity contribution in [2.75, 3.05) is 4.90 Å². The van der Waals surface area contributed by atoms with E-state index in [1.807, 2.05) is 18.2 Å². The SMILES string of the molecule is c1ccc2c(c1)Oc1cc(-c3ccc(-c4nc(-c5cccc6ccccc56)nc(-c5cccc6ccccc56)n4)cc3)cc3c1N2c1cc2ccccc2cc1O3. The van der Waals surface area contributed by atoms with Crippen molar-refractivity contribution in [3.05, 3.63) is 182 Å². The lowest BCUT2D eigenvalue weighted by Crippen LogP contribution is -2.20. The van der Waals surface area contributed by atoms with Gasteiger partial charge in [0.05, 0.1) is 11.4 Å². The Balaban J connectivity index is 0.982. The van der Waals surface area contributed by atoms with Crippen molar-refractivity contribution < 1.29 is 9.47 Å². The van der Waals surface area contributed by atoms with Gasteiger partial charge >= 0.3 is 0 Å². The molecule has 57 heavy (non-hydrogen) atoms. The van der Waals surface area contributed by atoms with Crippen LogP contribution in [0.25, 0.3) is 77.6 Å². The summed E-state index contributed by atoms with van der Waals surface area (Å²) in [6.07, 6.45) is 0. The monoisotopic (exact) mass is 730 g/mol. The second kappa shape index (κ2) is 12.3. The van der Waals surface area contributed by atoms with E-state index in [9.17, 15) is 0 Å². The summed E-state index contributed by atoms with van der Waals surface area (Å²) in [5.41, 5.74) is 7.65. The molecule has 266 valence electrons. The number of anilines is 3. The van der Waals surface area contributed by atoms with Gasteiger partial charge in [0.1, 0.15) is 5.69 Å². The Morgan fingerprint density at radius 1 is 0.333 bits per heavy atom. The molecule has 2 aliphatic heterocycles. The summed E-state index contributed by atoms with van der Waals surface area (Å²) in [4.78, 5) is 17.7. The van der Waals surface area contributed by atoms with Crippen molar-refractivity contribution in [1.29, 1.82) is 0 Å². The maximum Gasteiger partial charge on any atom is 0.164 e. The van der Waals surface area contributed by atoms with E-state index in [-0.39, 0.29) is 0 Å². The van der Waals surface area contributed by atoms with Crippen molar-refractivity contribution in [3.63, 3.8) is 0 Å². The molecule has 0 unspecified atom stereocenters. The zero-order valence-corrected chi connectivity index (χ0v) is 30.4. The summed E-state index contributed by atoms with van der Waals surface area (Å²) < 4.78 is 13.3. The van der Waals surface area contributed by atoms with Crippen LogP contribution in [-0.4, -0.2) is 15.0 Å². The first-order chi connectivity index (χ1) is 28.2. The lowest BCUT2D eigenvalue weighted by Gasteiger charge is -2.38. The zero-order valence-electron chi connectivity index (χ0n) is 30.4. The molecule has 0 saturated heterocycles. The van der Waals surface area contributed by atoms with Crippen LogP contribution in [0.2, 0.25) is 0 Å². The van der Waals surface area contributed by atoms with Gasteiger partial charge in [0, 0.05) is 16.7 Å². The standard InChI is InChI=1S/C51H30N4O2/c1-2-14-36-28-45-43(27-35(36)13-1)55-42-21-7-8-22-44(42)56-46-29-37(30-47(57-45)48(46)55)31-23-25-34(26-24-31)49-52-50(40-19-9-15-32-11-3-5-17-38(32)40)54-51(53-49)41-20-10-16-33-12-4-6-18-39(33)41/h1-30H. The lowest BCUT2D eigenvalue weighted by molar-refractivity contribution is 0.446. The highest BCUT2D eigenvalue weighted by molar-refractivity contribution is 6.00. The fourth-order valence-electron chi connectivity index (χ4n) is 8.32. The summed E-state index contributed by atoms with van der Waals surface area (Å²) in [6.45, 7) is 0. The molecule has 0 amide bonds. The number of fused-ring (bicyclic) bond motifs is 7. The van der Waals surface area contributed by atoms with Gasteiger partial charge in [0.2, 0.25) is 0 Å². The van der Waals surface area contributed by atoms with Gasteiger partial charge in [-0.05, 0) is 79.8 Å². The van der Waals surface area contributed by atoms with Gasteiger partial charge in [-0.25, -0.2) is 15.0 Å². The Kier molecular flexibility index (Phi) is 6.83. The van der Waals surface area contributed by atoms with Gasteiger partial charge in [0.25, 0.3) is 0 Å². The van der Waals surface area contributed by atoms with E-state index in [0.717, 1.165) is 100 Å². The topological polar surface area (TPSA) is 60.4 Å². The van der Waals surface area contributed by atoms with E-state index in [4.69, 9.17) is 24.4 Å². The first-order valence-corrected chi connectivity index (χ1v) is 19.0. The highest BCUT2D eigenvalue weighted by Crippen LogP contribution is 2.61. The minimum absolute atomic E-state index is 0.603. The third-order valence-electron chi connectivity index (χ3n) is 11.1. The Morgan fingerprint density at radius 3 is 1.51 bits per heavy atom. The van der Waals surface area contributed by atoms with Crippen LogP contribution in [0.1, 0.15) is 0 Å². The molecule has 2 aliphatic rings. The van der Waals surface area contributed by atoms with Crippen molar-refractivity contribution in [1.82, 2.24) is 15.0 Å². The van der Waals surface area contributed by atoms with Gasteiger partial charge in [-0.15, -0.1) is 0 Å². The van der Waals surface area contributed by atoms with Crippen molar-refractivity contribution in [3.8, 4) is 68.3 Å². The maximum absolute atomic E-state index is 6.73. The second-order valence-electron chi connectivity index (χ2n) is 14.4. The van der Waals surface area contributed by atoms with Crippen LogP contribution in [0.3, 0.4) is 0 Å². The van der Waals surface area contributed by atoms with Crippen molar-refractivity contribution in [2.45, 2.75) is 0 Å². The highest BCUT2D eigenvalue weighted by atomic mass is 16.5. The van der Waals surface area contributed by atoms with Gasteiger partial charge in [-0.1, -0.05) is 146 Å².